The second-order valence-electron chi connectivity index (χ2n) is 4.72. The van der Waals surface area contributed by atoms with Crippen molar-refractivity contribution in [1.29, 1.82) is 0 Å². The Labute approximate surface area is 119 Å². The Morgan fingerprint density at radius 2 is 2.16 bits per heavy atom. The van der Waals surface area contributed by atoms with Gasteiger partial charge < -0.3 is 4.74 Å². The average Bonchev–Trinajstić information content (AvgIpc) is 2.77. The van der Waals surface area contributed by atoms with Gasteiger partial charge in [0, 0.05) is 16.2 Å². The van der Waals surface area contributed by atoms with Crippen molar-refractivity contribution >= 4 is 21.6 Å². The number of ether oxygens (including phenoxy) is 1. The number of aryl methyl sites for hydroxylation is 1. The fraction of sp³-hybridized carbons (Fsp3) is 0.133. The van der Waals surface area contributed by atoms with E-state index < -0.39 is 0 Å². The largest absolute Gasteiger partial charge is 0.487 e. The predicted octanol–water partition coefficient (Wildman–Crippen LogP) is 3.96. The van der Waals surface area contributed by atoms with Gasteiger partial charge in [-0.05, 0) is 46.6 Å². The highest BCUT2D eigenvalue weighted by Crippen LogP contribution is 2.37. The van der Waals surface area contributed by atoms with E-state index in [0.717, 1.165) is 32.8 Å². The fourth-order valence-corrected chi connectivity index (χ4v) is 2.82. The molecule has 0 fully saturated rings. The molecule has 1 aliphatic rings. The van der Waals surface area contributed by atoms with E-state index in [9.17, 15) is 0 Å². The summed E-state index contributed by atoms with van der Waals surface area (Å²) < 4.78 is 8.99. The maximum Gasteiger partial charge on any atom is 0.138 e. The standard InChI is InChI=1S/C15H11BrN2O/c1-9-6-14-17-15-10-4-2-3-5-13(10)19-8-12(15)18(14)7-11(9)16/h2-7H,8H2,1H3. The first-order valence-corrected chi connectivity index (χ1v) is 6.92. The highest BCUT2D eigenvalue weighted by molar-refractivity contribution is 9.10. The average molecular weight is 315 g/mol. The van der Waals surface area contributed by atoms with E-state index in [0.29, 0.717) is 6.61 Å². The van der Waals surface area contributed by atoms with Crippen LogP contribution in [0, 0.1) is 6.92 Å². The summed E-state index contributed by atoms with van der Waals surface area (Å²) in [6.07, 6.45) is 2.06. The lowest BCUT2D eigenvalue weighted by atomic mass is 10.1. The van der Waals surface area contributed by atoms with Gasteiger partial charge in [0.1, 0.15) is 18.0 Å². The second-order valence-corrected chi connectivity index (χ2v) is 5.58. The predicted molar refractivity (Wildman–Crippen MR) is 77.4 cm³/mol. The summed E-state index contributed by atoms with van der Waals surface area (Å²) in [5, 5.41) is 0. The molecule has 4 heteroatoms. The molecule has 0 amide bonds. The number of benzene rings is 1. The van der Waals surface area contributed by atoms with Gasteiger partial charge in [-0.1, -0.05) is 12.1 Å². The van der Waals surface area contributed by atoms with Crippen LogP contribution in [0.1, 0.15) is 11.3 Å². The molecule has 3 heterocycles. The van der Waals surface area contributed by atoms with Crippen molar-refractivity contribution in [2.24, 2.45) is 0 Å². The summed E-state index contributed by atoms with van der Waals surface area (Å²) in [4.78, 5) is 4.76. The zero-order valence-electron chi connectivity index (χ0n) is 10.4. The summed E-state index contributed by atoms with van der Waals surface area (Å²) in [6.45, 7) is 2.63. The zero-order chi connectivity index (χ0) is 13.0. The molecule has 1 aliphatic heterocycles. The molecule has 0 atom stereocenters. The molecule has 0 bridgehead atoms. The molecular weight excluding hydrogens is 304 g/mol. The van der Waals surface area contributed by atoms with Crippen LogP contribution in [-0.4, -0.2) is 9.38 Å². The highest BCUT2D eigenvalue weighted by Gasteiger charge is 2.22. The molecule has 2 aromatic heterocycles. The summed E-state index contributed by atoms with van der Waals surface area (Å²) in [5.41, 5.74) is 5.35. The number of rotatable bonds is 0. The molecule has 0 saturated heterocycles. The van der Waals surface area contributed by atoms with Gasteiger partial charge in [-0.3, -0.25) is 4.40 Å². The van der Waals surface area contributed by atoms with Crippen LogP contribution >= 0.6 is 15.9 Å². The minimum absolute atomic E-state index is 0.559. The molecule has 4 rings (SSSR count). The second kappa shape index (κ2) is 3.84. The number of pyridine rings is 1. The van der Waals surface area contributed by atoms with Crippen molar-refractivity contribution < 1.29 is 4.74 Å². The molecule has 0 radical (unpaired) electrons. The first-order chi connectivity index (χ1) is 9.24. The molecule has 0 aliphatic carbocycles. The normalized spacial score (nSPS) is 12.9. The van der Waals surface area contributed by atoms with Crippen molar-refractivity contribution in [1.82, 2.24) is 9.38 Å². The van der Waals surface area contributed by atoms with Crippen molar-refractivity contribution in [2.75, 3.05) is 0 Å². The quantitative estimate of drug-likeness (QED) is 0.627. The third kappa shape index (κ3) is 1.53. The topological polar surface area (TPSA) is 26.5 Å². The first kappa shape index (κ1) is 11.1. The van der Waals surface area contributed by atoms with E-state index in [-0.39, 0.29) is 0 Å². The lowest BCUT2D eigenvalue weighted by molar-refractivity contribution is 0.296. The third-order valence-electron chi connectivity index (χ3n) is 3.51. The minimum Gasteiger partial charge on any atom is -0.487 e. The third-order valence-corrected chi connectivity index (χ3v) is 4.34. The molecule has 0 unspecified atom stereocenters. The first-order valence-electron chi connectivity index (χ1n) is 6.13. The molecule has 0 N–H and O–H groups in total. The maximum absolute atomic E-state index is 5.81. The molecule has 94 valence electrons. The van der Waals surface area contributed by atoms with Crippen LogP contribution in [0.15, 0.2) is 41.0 Å². The van der Waals surface area contributed by atoms with Crippen molar-refractivity contribution in [3.63, 3.8) is 0 Å². The molecule has 19 heavy (non-hydrogen) atoms. The summed E-state index contributed by atoms with van der Waals surface area (Å²) in [5.74, 6) is 0.911. The zero-order valence-corrected chi connectivity index (χ0v) is 11.9. The Balaban J connectivity index is 2.08. The van der Waals surface area contributed by atoms with Gasteiger partial charge in [0.2, 0.25) is 0 Å². The Bertz CT molecular complexity index is 807. The molecular formula is C15H11BrN2O. The van der Waals surface area contributed by atoms with Gasteiger partial charge in [0.15, 0.2) is 0 Å². The minimum atomic E-state index is 0.559. The Kier molecular flexibility index (Phi) is 2.23. The summed E-state index contributed by atoms with van der Waals surface area (Å²) in [6, 6.07) is 10.1. The lowest BCUT2D eigenvalue weighted by Gasteiger charge is -2.16. The van der Waals surface area contributed by atoms with E-state index in [1.807, 2.05) is 18.2 Å². The molecule has 3 nitrogen and oxygen atoms in total. The van der Waals surface area contributed by atoms with Gasteiger partial charge in [0.05, 0.1) is 11.4 Å². The van der Waals surface area contributed by atoms with Crippen LogP contribution in [0.3, 0.4) is 0 Å². The van der Waals surface area contributed by atoms with E-state index in [1.165, 1.54) is 5.56 Å². The molecule has 0 saturated carbocycles. The Morgan fingerprint density at radius 3 is 3.05 bits per heavy atom. The van der Waals surface area contributed by atoms with E-state index >= 15 is 0 Å². The number of aromatic nitrogens is 2. The summed E-state index contributed by atoms with van der Waals surface area (Å²) >= 11 is 3.57. The van der Waals surface area contributed by atoms with Gasteiger partial charge in [-0.25, -0.2) is 4.98 Å². The number of nitrogens with zero attached hydrogens (tertiary/aromatic N) is 2. The Hall–Kier alpha value is -1.81. The molecule has 1 aromatic carbocycles. The van der Waals surface area contributed by atoms with Gasteiger partial charge >= 0.3 is 0 Å². The summed E-state index contributed by atoms with van der Waals surface area (Å²) in [7, 11) is 0. The fourth-order valence-electron chi connectivity index (χ4n) is 2.50. The molecule has 3 aromatic rings. The van der Waals surface area contributed by atoms with Crippen molar-refractivity contribution in [3.05, 3.63) is 52.3 Å². The number of imidazole rings is 1. The SMILES string of the molecule is Cc1cc2nc3c(n2cc1Br)COc1ccccc1-3. The number of hydrogen-bond acceptors (Lipinski definition) is 2. The van der Waals surface area contributed by atoms with Crippen LogP contribution < -0.4 is 4.74 Å². The smallest absolute Gasteiger partial charge is 0.138 e. The van der Waals surface area contributed by atoms with Crippen LogP contribution in [-0.2, 0) is 6.61 Å². The van der Waals surface area contributed by atoms with Crippen LogP contribution in [0.25, 0.3) is 16.9 Å². The van der Waals surface area contributed by atoms with E-state index in [2.05, 4.69) is 45.6 Å². The van der Waals surface area contributed by atoms with Gasteiger partial charge in [0.25, 0.3) is 0 Å². The van der Waals surface area contributed by atoms with Crippen molar-refractivity contribution in [2.45, 2.75) is 13.5 Å². The maximum atomic E-state index is 5.81. The van der Waals surface area contributed by atoms with Gasteiger partial charge in [-0.2, -0.15) is 0 Å². The van der Waals surface area contributed by atoms with Gasteiger partial charge in [-0.15, -0.1) is 0 Å². The number of para-hydroxylation sites is 1. The molecule has 0 spiro atoms. The van der Waals surface area contributed by atoms with Crippen LogP contribution in [0.5, 0.6) is 5.75 Å². The highest BCUT2D eigenvalue weighted by atomic mass is 79.9. The van der Waals surface area contributed by atoms with Crippen molar-refractivity contribution in [3.8, 4) is 17.0 Å². The number of hydrogen-bond donors (Lipinski definition) is 0. The lowest BCUT2D eigenvalue weighted by Crippen LogP contribution is -2.07. The Morgan fingerprint density at radius 1 is 1.32 bits per heavy atom. The van der Waals surface area contributed by atoms with E-state index in [4.69, 9.17) is 9.72 Å². The van der Waals surface area contributed by atoms with Crippen LogP contribution in [0.2, 0.25) is 0 Å². The monoisotopic (exact) mass is 314 g/mol. The van der Waals surface area contributed by atoms with Crippen LogP contribution in [0.4, 0.5) is 0 Å². The number of fused-ring (bicyclic) bond motifs is 5. The van der Waals surface area contributed by atoms with E-state index in [1.54, 1.807) is 0 Å². The number of halogens is 1.